The molecule has 0 aliphatic carbocycles. The minimum atomic E-state index is -3.30. The quantitative estimate of drug-likeness (QED) is 0.867. The first-order valence-electron chi connectivity index (χ1n) is 5.32. The highest BCUT2D eigenvalue weighted by Crippen LogP contribution is 2.21. The molecule has 0 spiro atoms. The molecule has 0 fully saturated rings. The Morgan fingerprint density at radius 3 is 2.59 bits per heavy atom. The summed E-state index contributed by atoms with van der Waals surface area (Å²) < 4.78 is 29.0. The van der Waals surface area contributed by atoms with Crippen molar-refractivity contribution >= 4 is 9.84 Å². The topological polar surface area (TPSA) is 63.6 Å². The van der Waals surface area contributed by atoms with Crippen LogP contribution in [0.1, 0.15) is 13.8 Å². The van der Waals surface area contributed by atoms with E-state index in [4.69, 9.17) is 9.84 Å². The number of ether oxygens (including phenoxy) is 1. The Morgan fingerprint density at radius 2 is 2.06 bits per heavy atom. The number of aliphatic hydroxyl groups is 1. The molecule has 1 N–H and O–H groups in total. The second kappa shape index (κ2) is 5.51. The number of hydrogen-bond acceptors (Lipinski definition) is 4. The lowest BCUT2D eigenvalue weighted by molar-refractivity contribution is 0.142. The molecule has 4 nitrogen and oxygen atoms in total. The largest absolute Gasteiger partial charge is 0.491 e. The Balaban J connectivity index is 2.94. The van der Waals surface area contributed by atoms with E-state index in [2.05, 4.69) is 6.92 Å². The van der Waals surface area contributed by atoms with E-state index in [0.29, 0.717) is 5.75 Å². The number of benzene rings is 1. The molecule has 1 rings (SSSR count). The molecule has 0 aliphatic heterocycles. The first-order valence-corrected chi connectivity index (χ1v) is 6.86. The van der Waals surface area contributed by atoms with E-state index in [1.54, 1.807) is 26.0 Å². The molecule has 0 amide bonds. The van der Waals surface area contributed by atoms with Crippen LogP contribution in [-0.2, 0) is 9.84 Å². The van der Waals surface area contributed by atoms with Gasteiger partial charge < -0.3 is 9.84 Å². The minimum absolute atomic E-state index is 0.0329. The predicted octanol–water partition coefficient (Wildman–Crippen LogP) is 1.44. The number of sulfone groups is 1. The lowest BCUT2D eigenvalue weighted by Gasteiger charge is -2.11. The fraction of sp³-hybridized carbons (Fsp3) is 0.417. The van der Waals surface area contributed by atoms with Crippen molar-refractivity contribution in [3.05, 3.63) is 31.2 Å². The zero-order valence-corrected chi connectivity index (χ0v) is 10.8. The Bertz CT molecular complexity index is 463. The van der Waals surface area contributed by atoms with Gasteiger partial charge >= 0.3 is 0 Å². The van der Waals surface area contributed by atoms with Crippen LogP contribution in [0.2, 0.25) is 0 Å². The predicted molar refractivity (Wildman–Crippen MR) is 65.6 cm³/mol. The van der Waals surface area contributed by atoms with Gasteiger partial charge in [0, 0.05) is 0 Å². The molecule has 1 aromatic rings. The summed E-state index contributed by atoms with van der Waals surface area (Å²) in [6.07, 6.45) is -0.833. The van der Waals surface area contributed by atoms with E-state index in [1.165, 1.54) is 12.1 Å². The molecular formula is C12H17O4S. The molecule has 5 heteroatoms. The van der Waals surface area contributed by atoms with Crippen LogP contribution in [-0.4, -0.2) is 31.5 Å². The maximum absolute atomic E-state index is 11.9. The molecule has 0 saturated heterocycles. The summed E-state index contributed by atoms with van der Waals surface area (Å²) in [4.78, 5) is 0.226. The van der Waals surface area contributed by atoms with Crippen molar-refractivity contribution in [3.63, 3.8) is 0 Å². The van der Waals surface area contributed by atoms with E-state index in [9.17, 15) is 8.42 Å². The zero-order valence-electron chi connectivity index (χ0n) is 9.96. The Labute approximate surface area is 102 Å². The molecule has 0 aliphatic rings. The highest BCUT2D eigenvalue weighted by molar-refractivity contribution is 7.92. The summed E-state index contributed by atoms with van der Waals surface area (Å²) in [5, 5.41) is 8.50. The van der Waals surface area contributed by atoms with Crippen LogP contribution in [0.3, 0.4) is 0 Å². The third-order valence-corrected chi connectivity index (χ3v) is 4.35. The van der Waals surface area contributed by atoms with Crippen molar-refractivity contribution < 1.29 is 18.3 Å². The van der Waals surface area contributed by atoms with Crippen LogP contribution in [0.4, 0.5) is 0 Å². The van der Waals surface area contributed by atoms with Crippen LogP contribution in [0.5, 0.6) is 5.75 Å². The average molecular weight is 257 g/mol. The number of aliphatic hydroxyl groups excluding tert-OH is 1. The summed E-state index contributed by atoms with van der Waals surface area (Å²) in [6, 6.07) is 6.24. The van der Waals surface area contributed by atoms with Crippen LogP contribution >= 0.6 is 0 Å². The fourth-order valence-electron chi connectivity index (χ4n) is 1.21. The van der Waals surface area contributed by atoms with Crippen molar-refractivity contribution in [2.45, 2.75) is 30.1 Å². The van der Waals surface area contributed by atoms with Gasteiger partial charge in [-0.3, -0.25) is 0 Å². The molecule has 17 heavy (non-hydrogen) atoms. The van der Waals surface area contributed by atoms with Crippen LogP contribution in [0, 0.1) is 6.92 Å². The second-order valence-electron chi connectivity index (χ2n) is 4.03. The monoisotopic (exact) mass is 257 g/mol. The summed E-state index contributed by atoms with van der Waals surface area (Å²) in [7, 11) is -3.30. The maximum atomic E-state index is 11.9. The van der Waals surface area contributed by atoms with Crippen LogP contribution in [0.15, 0.2) is 29.2 Å². The van der Waals surface area contributed by atoms with Gasteiger partial charge in [0.05, 0.1) is 16.2 Å². The summed E-state index contributed by atoms with van der Waals surface area (Å²) in [6.45, 7) is 6.65. The lowest BCUT2D eigenvalue weighted by atomic mass is 10.3. The normalized spacial score (nSPS) is 13.7. The third-order valence-electron chi connectivity index (χ3n) is 2.20. The lowest BCUT2D eigenvalue weighted by Crippen LogP contribution is -2.15. The van der Waals surface area contributed by atoms with E-state index in [0.717, 1.165) is 0 Å². The standard InChI is InChI=1S/C12H17O4S/c1-9(2)17(14,15)12-6-4-5-11(7-12)16-8-10(3)13/h4-7,9-10,13H,3,8H2,1-2H3/t10-/m0/s1. The highest BCUT2D eigenvalue weighted by atomic mass is 32.2. The smallest absolute Gasteiger partial charge is 0.180 e. The van der Waals surface area contributed by atoms with Gasteiger partial charge in [-0.2, -0.15) is 0 Å². The summed E-state index contributed by atoms with van der Waals surface area (Å²) in [5.41, 5.74) is 0. The minimum Gasteiger partial charge on any atom is -0.491 e. The van der Waals surface area contributed by atoms with Gasteiger partial charge in [-0.1, -0.05) is 6.07 Å². The molecule has 1 atom stereocenters. The van der Waals surface area contributed by atoms with Crippen LogP contribution < -0.4 is 4.74 Å². The summed E-state index contributed by atoms with van der Waals surface area (Å²) >= 11 is 0. The zero-order chi connectivity index (χ0) is 13.1. The van der Waals surface area contributed by atoms with E-state index >= 15 is 0 Å². The van der Waals surface area contributed by atoms with E-state index in [1.807, 2.05) is 0 Å². The maximum Gasteiger partial charge on any atom is 0.180 e. The highest BCUT2D eigenvalue weighted by Gasteiger charge is 2.19. The van der Waals surface area contributed by atoms with E-state index in [-0.39, 0.29) is 11.5 Å². The van der Waals surface area contributed by atoms with E-state index < -0.39 is 21.2 Å². The van der Waals surface area contributed by atoms with Gasteiger partial charge in [-0.15, -0.1) is 0 Å². The first-order chi connectivity index (χ1) is 7.84. The average Bonchev–Trinajstić information content (AvgIpc) is 2.26. The molecule has 0 aromatic heterocycles. The molecule has 0 heterocycles. The van der Waals surface area contributed by atoms with Gasteiger partial charge in [0.15, 0.2) is 9.84 Å². The van der Waals surface area contributed by atoms with Crippen LogP contribution in [0.25, 0.3) is 0 Å². The molecule has 0 unspecified atom stereocenters. The third kappa shape index (κ3) is 3.71. The van der Waals surface area contributed by atoms with Gasteiger partial charge in [0.2, 0.25) is 0 Å². The molecule has 0 saturated carbocycles. The van der Waals surface area contributed by atoms with Crippen molar-refractivity contribution in [2.75, 3.05) is 6.61 Å². The van der Waals surface area contributed by atoms with Crippen molar-refractivity contribution in [1.82, 2.24) is 0 Å². The van der Waals surface area contributed by atoms with Gasteiger partial charge in [-0.25, -0.2) is 8.42 Å². The number of hydrogen-bond donors (Lipinski definition) is 1. The summed E-state index contributed by atoms with van der Waals surface area (Å²) in [5.74, 6) is 0.412. The number of rotatable bonds is 5. The second-order valence-corrected chi connectivity index (χ2v) is 6.54. The fourth-order valence-corrected chi connectivity index (χ4v) is 2.30. The molecular weight excluding hydrogens is 240 g/mol. The first kappa shape index (κ1) is 14.0. The van der Waals surface area contributed by atoms with Gasteiger partial charge in [0.1, 0.15) is 12.4 Å². The molecule has 1 aromatic carbocycles. The molecule has 1 radical (unpaired) electrons. The Morgan fingerprint density at radius 1 is 1.41 bits per heavy atom. The van der Waals surface area contributed by atoms with Crippen molar-refractivity contribution in [1.29, 1.82) is 0 Å². The Kier molecular flexibility index (Phi) is 4.54. The Hall–Kier alpha value is -1.07. The van der Waals surface area contributed by atoms with Gasteiger partial charge in [0.25, 0.3) is 0 Å². The van der Waals surface area contributed by atoms with Crippen molar-refractivity contribution in [2.24, 2.45) is 0 Å². The van der Waals surface area contributed by atoms with Gasteiger partial charge in [-0.05, 0) is 39.0 Å². The molecule has 95 valence electrons. The van der Waals surface area contributed by atoms with Crippen molar-refractivity contribution in [3.8, 4) is 5.75 Å². The SMILES string of the molecule is [CH2][C@H](O)COc1cccc(S(=O)(=O)C(C)C)c1. The molecule has 0 bridgehead atoms.